The number of carbonyl (C=O) groups excluding carboxylic acids is 1. The third kappa shape index (κ3) is 2.25. The van der Waals surface area contributed by atoms with Crippen molar-refractivity contribution in [3.63, 3.8) is 0 Å². The van der Waals surface area contributed by atoms with E-state index in [0.717, 1.165) is 0 Å². The first-order valence-corrected chi connectivity index (χ1v) is 5.47. The van der Waals surface area contributed by atoms with Gasteiger partial charge in [0, 0.05) is 5.69 Å². The molecule has 1 aromatic carbocycles. The van der Waals surface area contributed by atoms with Gasteiger partial charge in [-0.1, -0.05) is 6.92 Å². The number of fused-ring (bicyclic) bond motifs is 1. The van der Waals surface area contributed by atoms with Crippen molar-refractivity contribution in [1.82, 2.24) is 4.98 Å². The Hall–Kier alpha value is -2.55. The average Bonchev–Trinajstić information content (AvgIpc) is 2.70. The van der Waals surface area contributed by atoms with Crippen LogP contribution >= 0.6 is 0 Å². The summed E-state index contributed by atoms with van der Waals surface area (Å²) < 4.78 is 4.84. The molecule has 0 aliphatic rings. The minimum Gasteiger partial charge on any atom is -0.408 e. The highest BCUT2D eigenvalue weighted by atomic mass is 16.4. The molecule has 2 rings (SSSR count). The molecule has 1 unspecified atom stereocenters. The third-order valence-electron chi connectivity index (χ3n) is 2.57. The lowest BCUT2D eigenvalue weighted by Gasteiger charge is -2.07. The molecule has 6 heteroatoms. The van der Waals surface area contributed by atoms with Gasteiger partial charge in [0.1, 0.15) is 5.92 Å². The quantitative estimate of drug-likeness (QED) is 0.857. The fraction of sp³-hybridized carbons (Fsp3) is 0.250. The van der Waals surface area contributed by atoms with E-state index in [1.165, 1.54) is 0 Å². The Balaban J connectivity index is 2.24. The molecule has 0 aliphatic heterocycles. The van der Waals surface area contributed by atoms with Crippen molar-refractivity contribution in [2.24, 2.45) is 5.92 Å². The van der Waals surface area contributed by atoms with Crippen LogP contribution in [0.25, 0.3) is 11.1 Å². The summed E-state index contributed by atoms with van der Waals surface area (Å²) in [5, 5.41) is 11.4. The van der Waals surface area contributed by atoms with Crippen LogP contribution in [0.5, 0.6) is 0 Å². The number of anilines is 1. The number of rotatable bonds is 3. The lowest BCUT2D eigenvalue weighted by atomic mass is 10.1. The second-order valence-corrected chi connectivity index (χ2v) is 3.80. The van der Waals surface area contributed by atoms with Crippen molar-refractivity contribution in [3.8, 4) is 6.07 Å². The number of amides is 1. The number of nitrogens with one attached hydrogen (secondary N) is 2. The summed E-state index contributed by atoms with van der Waals surface area (Å²) in [4.78, 5) is 25.1. The standard InChI is InChI=1S/C12H11N3O3/c1-2-7(6-13)11(16)14-8-3-4-10-9(5-8)15-12(17)18-10/h3-5,7H,2H2,1H3,(H,14,16)(H,15,17). The molecule has 0 saturated heterocycles. The van der Waals surface area contributed by atoms with Gasteiger partial charge in [0.05, 0.1) is 11.6 Å². The van der Waals surface area contributed by atoms with Crippen molar-refractivity contribution in [2.45, 2.75) is 13.3 Å². The Labute approximate surface area is 102 Å². The monoisotopic (exact) mass is 245 g/mol. The van der Waals surface area contributed by atoms with Crippen LogP contribution < -0.4 is 11.1 Å². The zero-order chi connectivity index (χ0) is 13.1. The Kier molecular flexibility index (Phi) is 3.15. The smallest absolute Gasteiger partial charge is 0.408 e. The zero-order valence-electron chi connectivity index (χ0n) is 9.69. The number of hydrogen-bond acceptors (Lipinski definition) is 4. The highest BCUT2D eigenvalue weighted by Gasteiger charge is 2.15. The van der Waals surface area contributed by atoms with Gasteiger partial charge >= 0.3 is 5.76 Å². The van der Waals surface area contributed by atoms with Gasteiger partial charge in [-0.15, -0.1) is 0 Å². The molecule has 0 aliphatic carbocycles. The molecule has 6 nitrogen and oxygen atoms in total. The first-order valence-electron chi connectivity index (χ1n) is 5.47. The summed E-state index contributed by atoms with van der Waals surface area (Å²) in [6.45, 7) is 1.77. The van der Waals surface area contributed by atoms with Gasteiger partial charge in [-0.05, 0) is 24.6 Å². The summed E-state index contributed by atoms with van der Waals surface area (Å²) >= 11 is 0. The third-order valence-corrected chi connectivity index (χ3v) is 2.57. The van der Waals surface area contributed by atoms with Crippen LogP contribution in [0.3, 0.4) is 0 Å². The molecule has 0 bridgehead atoms. The molecule has 1 aromatic heterocycles. The Morgan fingerprint density at radius 1 is 1.61 bits per heavy atom. The topological polar surface area (TPSA) is 98.9 Å². The second-order valence-electron chi connectivity index (χ2n) is 3.80. The molecule has 2 N–H and O–H groups in total. The van der Waals surface area contributed by atoms with E-state index in [4.69, 9.17) is 9.68 Å². The summed E-state index contributed by atoms with van der Waals surface area (Å²) in [5.41, 5.74) is 1.44. The maximum absolute atomic E-state index is 11.7. The molecule has 0 fully saturated rings. The molecule has 1 heterocycles. The molecule has 2 aromatic rings. The number of nitriles is 1. The van der Waals surface area contributed by atoms with Crippen molar-refractivity contribution >= 4 is 22.7 Å². The van der Waals surface area contributed by atoms with Crippen LogP contribution in [0.1, 0.15) is 13.3 Å². The van der Waals surface area contributed by atoms with Crippen LogP contribution in [0.15, 0.2) is 27.4 Å². The molecule has 0 saturated carbocycles. The van der Waals surface area contributed by atoms with E-state index < -0.39 is 11.7 Å². The molecular formula is C12H11N3O3. The first-order chi connectivity index (χ1) is 8.63. The lowest BCUT2D eigenvalue weighted by molar-refractivity contribution is -0.118. The van der Waals surface area contributed by atoms with Gasteiger partial charge in [-0.25, -0.2) is 4.79 Å². The predicted octanol–water partition coefficient (Wildman–Crippen LogP) is 1.61. The highest BCUT2D eigenvalue weighted by molar-refractivity contribution is 5.95. The molecule has 18 heavy (non-hydrogen) atoms. The normalized spacial score (nSPS) is 12.0. The Morgan fingerprint density at radius 3 is 3.06 bits per heavy atom. The van der Waals surface area contributed by atoms with E-state index >= 15 is 0 Å². The van der Waals surface area contributed by atoms with Gasteiger partial charge in [0.2, 0.25) is 5.91 Å². The van der Waals surface area contributed by atoms with Crippen molar-refractivity contribution < 1.29 is 9.21 Å². The zero-order valence-corrected chi connectivity index (χ0v) is 9.69. The van der Waals surface area contributed by atoms with Crippen molar-refractivity contribution in [3.05, 3.63) is 28.7 Å². The fourth-order valence-corrected chi connectivity index (χ4v) is 1.59. The molecule has 0 spiro atoms. The number of hydrogen-bond donors (Lipinski definition) is 2. The van der Waals surface area contributed by atoms with Gasteiger partial charge in [0.25, 0.3) is 0 Å². The molecule has 0 radical (unpaired) electrons. The number of benzene rings is 1. The van der Waals surface area contributed by atoms with E-state index in [1.807, 2.05) is 6.07 Å². The second kappa shape index (κ2) is 4.75. The molecule has 1 atom stereocenters. The predicted molar refractivity (Wildman–Crippen MR) is 64.9 cm³/mol. The minimum absolute atomic E-state index is 0.356. The van der Waals surface area contributed by atoms with Crippen molar-refractivity contribution in [1.29, 1.82) is 5.26 Å². The summed E-state index contributed by atoms with van der Waals surface area (Å²) in [6.07, 6.45) is 0.452. The molecule has 1 amide bonds. The lowest BCUT2D eigenvalue weighted by Crippen LogP contribution is -2.20. The number of aromatic nitrogens is 1. The van der Waals surface area contributed by atoms with Gasteiger partial charge in [-0.2, -0.15) is 5.26 Å². The number of oxazole rings is 1. The number of nitrogens with zero attached hydrogens (tertiary/aromatic N) is 1. The van der Waals surface area contributed by atoms with Crippen LogP contribution in [0, 0.1) is 17.2 Å². The summed E-state index contributed by atoms with van der Waals surface area (Å²) in [5.74, 6) is -1.58. The van der Waals surface area contributed by atoms with E-state index in [0.29, 0.717) is 23.2 Å². The van der Waals surface area contributed by atoms with E-state index in [2.05, 4.69) is 10.3 Å². The minimum atomic E-state index is -0.677. The number of carbonyl (C=O) groups is 1. The van der Waals surface area contributed by atoms with E-state index in [9.17, 15) is 9.59 Å². The summed E-state index contributed by atoms with van der Waals surface area (Å²) in [6, 6.07) is 6.70. The summed E-state index contributed by atoms with van der Waals surface area (Å²) in [7, 11) is 0. The molecular weight excluding hydrogens is 234 g/mol. The Bertz CT molecular complexity index is 678. The van der Waals surface area contributed by atoms with E-state index in [1.54, 1.807) is 25.1 Å². The van der Waals surface area contributed by atoms with Crippen LogP contribution in [0.2, 0.25) is 0 Å². The average molecular weight is 245 g/mol. The Morgan fingerprint density at radius 2 is 2.39 bits per heavy atom. The SMILES string of the molecule is CCC(C#N)C(=O)Nc1ccc2oc(=O)[nH]c2c1. The number of H-pyrrole nitrogens is 1. The van der Waals surface area contributed by atoms with Crippen LogP contribution in [-0.2, 0) is 4.79 Å². The maximum Gasteiger partial charge on any atom is 0.417 e. The van der Waals surface area contributed by atoms with Crippen LogP contribution in [0.4, 0.5) is 5.69 Å². The highest BCUT2D eigenvalue weighted by Crippen LogP contribution is 2.17. The van der Waals surface area contributed by atoms with Crippen molar-refractivity contribution in [2.75, 3.05) is 5.32 Å². The fourth-order valence-electron chi connectivity index (χ4n) is 1.59. The van der Waals surface area contributed by atoms with Gasteiger partial charge in [-0.3, -0.25) is 9.78 Å². The number of aromatic amines is 1. The molecule has 92 valence electrons. The van der Waals surface area contributed by atoms with E-state index in [-0.39, 0.29) is 5.91 Å². The maximum atomic E-state index is 11.7. The largest absolute Gasteiger partial charge is 0.417 e. The first kappa shape index (κ1) is 11.9. The van der Waals surface area contributed by atoms with Gasteiger partial charge in [0.15, 0.2) is 5.58 Å². The van der Waals surface area contributed by atoms with Crippen LogP contribution in [-0.4, -0.2) is 10.9 Å². The van der Waals surface area contributed by atoms with Gasteiger partial charge < -0.3 is 9.73 Å².